The summed E-state index contributed by atoms with van der Waals surface area (Å²) in [6.45, 7) is 6.08. The van der Waals surface area contributed by atoms with Crippen molar-refractivity contribution in [1.29, 1.82) is 0 Å². The lowest BCUT2D eigenvalue weighted by atomic mass is 9.85. The first-order valence-corrected chi connectivity index (χ1v) is 5.76. The van der Waals surface area contributed by atoms with Gasteiger partial charge in [0.15, 0.2) is 0 Å². The minimum Gasteiger partial charge on any atom is -0.379 e. The molecular weight excluding hydrogens is 234 g/mol. The first kappa shape index (κ1) is 12.8. The average Bonchev–Trinajstić information content (AvgIpc) is 2.66. The number of aryl methyl sites for hydroxylation is 2. The van der Waals surface area contributed by atoms with E-state index in [1.807, 2.05) is 13.8 Å². The normalized spacial score (nSPS) is 27.2. The van der Waals surface area contributed by atoms with Gasteiger partial charge < -0.3 is 10.5 Å². The van der Waals surface area contributed by atoms with Crippen molar-refractivity contribution < 1.29 is 9.53 Å². The maximum absolute atomic E-state index is 12.2. The van der Waals surface area contributed by atoms with Crippen molar-refractivity contribution in [2.24, 2.45) is 11.1 Å². The summed E-state index contributed by atoms with van der Waals surface area (Å²) in [5, 5.41) is 10.4. The molecule has 1 aliphatic rings. The van der Waals surface area contributed by atoms with E-state index in [0.29, 0.717) is 13.2 Å². The van der Waals surface area contributed by atoms with Crippen molar-refractivity contribution in [1.82, 2.24) is 15.2 Å². The van der Waals surface area contributed by atoms with Gasteiger partial charge in [-0.2, -0.15) is 5.10 Å². The van der Waals surface area contributed by atoms with Gasteiger partial charge in [0.1, 0.15) is 0 Å². The molecule has 0 aromatic carbocycles. The van der Waals surface area contributed by atoms with Crippen molar-refractivity contribution in [3.8, 4) is 0 Å². The number of amides is 1. The Morgan fingerprint density at radius 2 is 2.17 bits per heavy atom. The fourth-order valence-corrected chi connectivity index (χ4v) is 1.68. The Labute approximate surface area is 105 Å². The highest BCUT2D eigenvalue weighted by molar-refractivity contribution is 5.94. The van der Waals surface area contributed by atoms with E-state index in [9.17, 15) is 4.79 Å². The maximum Gasteiger partial charge on any atom is 0.249 e. The fourth-order valence-electron chi connectivity index (χ4n) is 1.68. The summed E-state index contributed by atoms with van der Waals surface area (Å²) in [6.07, 6.45) is 0. The molecule has 2 rings (SSSR count). The Hall–Kier alpha value is -1.60. The van der Waals surface area contributed by atoms with Gasteiger partial charge in [0.05, 0.1) is 30.0 Å². The third-order valence-corrected chi connectivity index (χ3v) is 3.35. The average molecular weight is 251 g/mol. The minimum absolute atomic E-state index is 0.198. The van der Waals surface area contributed by atoms with Crippen LogP contribution in [0.3, 0.4) is 0 Å². The number of nitrogens with one attached hydrogen (secondary N) is 1. The first-order chi connectivity index (χ1) is 8.43. The molecule has 98 valence electrons. The van der Waals surface area contributed by atoms with Crippen LogP contribution in [0, 0.1) is 19.3 Å². The molecule has 18 heavy (non-hydrogen) atoms. The number of rotatable bonds is 2. The van der Waals surface area contributed by atoms with Crippen LogP contribution >= 0.6 is 0 Å². The largest absolute Gasteiger partial charge is 0.379 e. The van der Waals surface area contributed by atoms with Gasteiger partial charge in [-0.3, -0.25) is 10.1 Å². The monoisotopic (exact) mass is 251 g/mol. The molecule has 1 amide bonds. The molecular formula is C11H17N5O2. The summed E-state index contributed by atoms with van der Waals surface area (Å²) < 4.78 is 5.23. The third kappa shape index (κ3) is 2.19. The zero-order chi connectivity index (χ0) is 13.3. The smallest absolute Gasteiger partial charge is 0.249 e. The van der Waals surface area contributed by atoms with Gasteiger partial charge in [-0.05, 0) is 20.8 Å². The van der Waals surface area contributed by atoms with Crippen LogP contribution in [0.1, 0.15) is 18.3 Å². The Kier molecular flexibility index (Phi) is 3.27. The molecule has 1 aromatic rings. The lowest BCUT2D eigenvalue weighted by Gasteiger charge is -2.24. The molecule has 3 N–H and O–H groups in total. The SMILES string of the molecule is Cc1nnc(NC(=O)C2(C)COCC2N)nc1C. The van der Waals surface area contributed by atoms with Gasteiger partial charge in [-0.25, -0.2) is 4.98 Å². The van der Waals surface area contributed by atoms with Crippen molar-refractivity contribution in [3.05, 3.63) is 11.4 Å². The van der Waals surface area contributed by atoms with Gasteiger partial charge >= 0.3 is 0 Å². The molecule has 0 aliphatic carbocycles. The second-order valence-electron chi connectivity index (χ2n) is 4.80. The topological polar surface area (TPSA) is 103 Å². The van der Waals surface area contributed by atoms with Crippen LogP contribution in [0.15, 0.2) is 0 Å². The number of hydrogen-bond acceptors (Lipinski definition) is 6. The number of hydrogen-bond donors (Lipinski definition) is 2. The van der Waals surface area contributed by atoms with Gasteiger partial charge in [-0.15, -0.1) is 5.10 Å². The molecule has 1 fully saturated rings. The van der Waals surface area contributed by atoms with Crippen molar-refractivity contribution in [2.75, 3.05) is 18.5 Å². The number of carbonyl (C=O) groups is 1. The van der Waals surface area contributed by atoms with Crippen LogP contribution < -0.4 is 11.1 Å². The summed E-state index contributed by atoms with van der Waals surface area (Å²) in [5.41, 5.74) is 6.60. The molecule has 7 heteroatoms. The number of aromatic nitrogens is 3. The zero-order valence-electron chi connectivity index (χ0n) is 10.7. The van der Waals surface area contributed by atoms with Gasteiger partial charge in [-0.1, -0.05) is 0 Å². The van der Waals surface area contributed by atoms with Crippen LogP contribution in [-0.4, -0.2) is 40.3 Å². The highest BCUT2D eigenvalue weighted by Crippen LogP contribution is 2.28. The van der Waals surface area contributed by atoms with E-state index in [4.69, 9.17) is 10.5 Å². The number of ether oxygens (including phenoxy) is 1. The summed E-state index contributed by atoms with van der Waals surface area (Å²) in [6, 6.07) is -0.322. The molecule has 2 unspecified atom stereocenters. The Morgan fingerprint density at radius 3 is 2.72 bits per heavy atom. The lowest BCUT2D eigenvalue weighted by Crippen LogP contribution is -2.47. The lowest BCUT2D eigenvalue weighted by molar-refractivity contribution is -0.125. The van der Waals surface area contributed by atoms with Crippen LogP contribution in [0.2, 0.25) is 0 Å². The summed E-state index contributed by atoms with van der Waals surface area (Å²) in [5.74, 6) is -0.0408. The highest BCUT2D eigenvalue weighted by Gasteiger charge is 2.44. The molecule has 7 nitrogen and oxygen atoms in total. The summed E-state index contributed by atoms with van der Waals surface area (Å²) in [7, 11) is 0. The molecule has 2 atom stereocenters. The molecule has 0 spiro atoms. The van der Waals surface area contributed by atoms with Crippen molar-refractivity contribution in [2.45, 2.75) is 26.8 Å². The number of anilines is 1. The molecule has 1 aromatic heterocycles. The van der Waals surface area contributed by atoms with Gasteiger partial charge in [0, 0.05) is 6.04 Å². The number of nitrogens with zero attached hydrogens (tertiary/aromatic N) is 3. The van der Waals surface area contributed by atoms with E-state index in [-0.39, 0.29) is 17.9 Å². The molecule has 2 heterocycles. The first-order valence-electron chi connectivity index (χ1n) is 5.76. The summed E-state index contributed by atoms with van der Waals surface area (Å²) in [4.78, 5) is 16.3. The zero-order valence-corrected chi connectivity index (χ0v) is 10.7. The Morgan fingerprint density at radius 1 is 1.44 bits per heavy atom. The van der Waals surface area contributed by atoms with E-state index < -0.39 is 5.41 Å². The fraction of sp³-hybridized carbons (Fsp3) is 0.636. The molecule has 0 bridgehead atoms. The number of nitrogens with two attached hydrogens (primary N) is 1. The van der Waals surface area contributed by atoms with Gasteiger partial charge in [0.2, 0.25) is 11.9 Å². The van der Waals surface area contributed by atoms with E-state index in [1.165, 1.54) is 0 Å². The predicted molar refractivity (Wildman–Crippen MR) is 64.8 cm³/mol. The van der Waals surface area contributed by atoms with E-state index in [2.05, 4.69) is 20.5 Å². The van der Waals surface area contributed by atoms with Crippen LogP contribution in [0.4, 0.5) is 5.95 Å². The van der Waals surface area contributed by atoms with E-state index in [1.54, 1.807) is 6.92 Å². The second kappa shape index (κ2) is 4.58. The van der Waals surface area contributed by atoms with Crippen LogP contribution in [-0.2, 0) is 9.53 Å². The second-order valence-corrected chi connectivity index (χ2v) is 4.80. The molecule has 0 radical (unpaired) electrons. The molecule has 1 saturated heterocycles. The van der Waals surface area contributed by atoms with Gasteiger partial charge in [0.25, 0.3) is 0 Å². The maximum atomic E-state index is 12.2. The van der Waals surface area contributed by atoms with E-state index in [0.717, 1.165) is 11.4 Å². The van der Waals surface area contributed by atoms with Crippen LogP contribution in [0.25, 0.3) is 0 Å². The molecule has 0 saturated carbocycles. The third-order valence-electron chi connectivity index (χ3n) is 3.35. The quantitative estimate of drug-likeness (QED) is 0.754. The summed E-state index contributed by atoms with van der Waals surface area (Å²) >= 11 is 0. The standard InChI is InChI=1S/C11H17N5O2/c1-6-7(2)15-16-10(13-6)14-9(17)11(3)5-18-4-8(11)12/h8H,4-5,12H2,1-3H3,(H,13,14,16,17). The number of carbonyl (C=O) groups excluding carboxylic acids is 1. The van der Waals surface area contributed by atoms with E-state index >= 15 is 0 Å². The predicted octanol–water partition coefficient (Wildman–Crippen LogP) is -0.209. The minimum atomic E-state index is -0.748. The molecule has 1 aliphatic heterocycles. The highest BCUT2D eigenvalue weighted by atomic mass is 16.5. The van der Waals surface area contributed by atoms with Crippen molar-refractivity contribution >= 4 is 11.9 Å². The Balaban J connectivity index is 2.14. The Bertz CT molecular complexity index is 479. The van der Waals surface area contributed by atoms with Crippen LogP contribution in [0.5, 0.6) is 0 Å². The van der Waals surface area contributed by atoms with Crippen molar-refractivity contribution in [3.63, 3.8) is 0 Å².